The number of aromatic hydroxyl groups is 2. The zero-order valence-electron chi connectivity index (χ0n) is 18.1. The largest absolute Gasteiger partial charge is 0.507 e. The van der Waals surface area contributed by atoms with E-state index in [4.69, 9.17) is 18.6 Å². The lowest BCUT2D eigenvalue weighted by Gasteiger charge is -2.20. The number of rotatable bonds is 5. The fourth-order valence-corrected chi connectivity index (χ4v) is 4.17. The minimum atomic E-state index is -0.778. The van der Waals surface area contributed by atoms with Gasteiger partial charge in [-0.25, -0.2) is 0 Å². The van der Waals surface area contributed by atoms with Crippen molar-refractivity contribution in [2.24, 2.45) is 0 Å². The Morgan fingerprint density at radius 2 is 1.76 bits per heavy atom. The van der Waals surface area contributed by atoms with Crippen LogP contribution in [0.25, 0.3) is 22.3 Å². The van der Waals surface area contributed by atoms with Crippen LogP contribution in [-0.4, -0.2) is 30.1 Å². The van der Waals surface area contributed by atoms with Crippen LogP contribution in [0.5, 0.6) is 23.0 Å². The van der Waals surface area contributed by atoms with Gasteiger partial charge in [0.05, 0.1) is 13.5 Å². The van der Waals surface area contributed by atoms with Gasteiger partial charge in [-0.05, 0) is 17.7 Å². The summed E-state index contributed by atoms with van der Waals surface area (Å²) in [4.78, 5) is 25.4. The van der Waals surface area contributed by atoms with E-state index in [0.717, 1.165) is 6.07 Å². The van der Waals surface area contributed by atoms with E-state index in [-0.39, 0.29) is 41.3 Å². The Morgan fingerprint density at radius 3 is 2.53 bits per heavy atom. The van der Waals surface area contributed by atoms with Crippen molar-refractivity contribution in [3.05, 3.63) is 82.0 Å². The molecular weight excluding hydrogens is 440 g/mol. The van der Waals surface area contributed by atoms with Crippen molar-refractivity contribution >= 4 is 16.9 Å². The number of methoxy groups -OCH3 is 1. The second-order valence-electron chi connectivity index (χ2n) is 7.82. The molecule has 1 aromatic heterocycles. The van der Waals surface area contributed by atoms with Gasteiger partial charge in [0.15, 0.2) is 16.9 Å². The maximum Gasteiger partial charge on any atom is 0.306 e. The zero-order valence-corrected chi connectivity index (χ0v) is 18.1. The van der Waals surface area contributed by atoms with Gasteiger partial charge < -0.3 is 28.8 Å². The molecule has 3 aromatic carbocycles. The summed E-state index contributed by atoms with van der Waals surface area (Å²) >= 11 is 0. The smallest absolute Gasteiger partial charge is 0.306 e. The van der Waals surface area contributed by atoms with Crippen molar-refractivity contribution < 1.29 is 33.6 Å². The number of phenols is 2. The van der Waals surface area contributed by atoms with Gasteiger partial charge >= 0.3 is 5.97 Å². The van der Waals surface area contributed by atoms with Gasteiger partial charge in [0, 0.05) is 29.2 Å². The number of fused-ring (bicyclic) bond motifs is 2. The zero-order chi connectivity index (χ0) is 23.8. The van der Waals surface area contributed by atoms with E-state index >= 15 is 0 Å². The first-order valence-electron chi connectivity index (χ1n) is 10.5. The number of carbonyl (C=O) groups is 1. The molecule has 1 aliphatic rings. The summed E-state index contributed by atoms with van der Waals surface area (Å²) in [6.07, 6.45) is -0.164. The summed E-state index contributed by atoms with van der Waals surface area (Å²) in [5, 5.41) is 21.3. The molecule has 8 nitrogen and oxygen atoms in total. The Kier molecular flexibility index (Phi) is 5.33. The number of hydrogen-bond donors (Lipinski definition) is 2. The first kappa shape index (κ1) is 21.4. The third kappa shape index (κ3) is 3.69. The number of ether oxygens (including phenoxy) is 3. The monoisotopic (exact) mass is 460 g/mol. The fourth-order valence-electron chi connectivity index (χ4n) is 4.17. The Hall–Kier alpha value is -4.46. The Labute approximate surface area is 193 Å². The molecule has 172 valence electrons. The van der Waals surface area contributed by atoms with Crippen molar-refractivity contribution in [1.29, 1.82) is 0 Å². The fraction of sp³-hybridized carbons (Fsp3) is 0.154. The molecule has 0 saturated heterocycles. The first-order chi connectivity index (χ1) is 16.5. The van der Waals surface area contributed by atoms with E-state index in [2.05, 4.69) is 0 Å². The van der Waals surface area contributed by atoms with Crippen molar-refractivity contribution in [2.45, 2.75) is 12.3 Å². The minimum absolute atomic E-state index is 0.0181. The lowest BCUT2D eigenvalue weighted by molar-refractivity contribution is -0.140. The molecule has 2 N–H and O–H groups in total. The topological polar surface area (TPSA) is 115 Å². The Balaban J connectivity index is 1.78. The number of benzene rings is 3. The number of carbonyl (C=O) groups excluding carboxylic acids is 1. The molecule has 0 amide bonds. The van der Waals surface area contributed by atoms with Gasteiger partial charge in [-0.15, -0.1) is 0 Å². The molecule has 34 heavy (non-hydrogen) atoms. The molecule has 0 saturated carbocycles. The van der Waals surface area contributed by atoms with Crippen molar-refractivity contribution in [3.63, 3.8) is 0 Å². The molecule has 0 aliphatic carbocycles. The maximum atomic E-state index is 13.0. The first-order valence-corrected chi connectivity index (χ1v) is 10.5. The quantitative estimate of drug-likeness (QED) is 0.424. The van der Waals surface area contributed by atoms with E-state index in [1.54, 1.807) is 42.5 Å². The van der Waals surface area contributed by atoms with Crippen LogP contribution in [0.4, 0.5) is 0 Å². The molecule has 1 aliphatic heterocycles. The van der Waals surface area contributed by atoms with E-state index in [1.165, 1.54) is 13.2 Å². The predicted molar refractivity (Wildman–Crippen MR) is 122 cm³/mol. The number of esters is 1. The van der Waals surface area contributed by atoms with Crippen LogP contribution in [0.1, 0.15) is 23.5 Å². The van der Waals surface area contributed by atoms with Gasteiger partial charge in [-0.1, -0.05) is 36.4 Å². The van der Waals surface area contributed by atoms with E-state index in [9.17, 15) is 19.8 Å². The van der Waals surface area contributed by atoms with E-state index in [0.29, 0.717) is 22.6 Å². The second kappa shape index (κ2) is 8.47. The van der Waals surface area contributed by atoms with Crippen LogP contribution in [-0.2, 0) is 9.53 Å². The maximum absolute atomic E-state index is 13.0. The Morgan fingerprint density at radius 1 is 1.00 bits per heavy atom. The van der Waals surface area contributed by atoms with Crippen LogP contribution in [0.15, 0.2) is 69.9 Å². The SMILES string of the molecule is COC(=O)C[C@H](c1ccc2c(c1)OCO2)c1c(O)cc(O)c2c(=O)cc(-c3ccccc3)oc12. The molecule has 4 aromatic rings. The third-order valence-corrected chi connectivity index (χ3v) is 5.80. The lowest BCUT2D eigenvalue weighted by atomic mass is 9.86. The van der Waals surface area contributed by atoms with Crippen molar-refractivity contribution in [1.82, 2.24) is 0 Å². The number of hydrogen-bond acceptors (Lipinski definition) is 8. The van der Waals surface area contributed by atoms with Crippen LogP contribution in [0.2, 0.25) is 0 Å². The highest BCUT2D eigenvalue weighted by molar-refractivity contribution is 5.90. The van der Waals surface area contributed by atoms with Gasteiger partial charge in [0.2, 0.25) is 6.79 Å². The van der Waals surface area contributed by atoms with Gasteiger partial charge in [-0.3, -0.25) is 9.59 Å². The number of phenolic OH excluding ortho intramolecular Hbond substituents is 2. The van der Waals surface area contributed by atoms with Gasteiger partial charge in [-0.2, -0.15) is 0 Å². The Bertz CT molecular complexity index is 1460. The molecule has 1 atom stereocenters. The van der Waals surface area contributed by atoms with Crippen LogP contribution in [0.3, 0.4) is 0 Å². The average Bonchev–Trinajstić information content (AvgIpc) is 3.31. The highest BCUT2D eigenvalue weighted by Crippen LogP contribution is 2.45. The minimum Gasteiger partial charge on any atom is -0.507 e. The van der Waals surface area contributed by atoms with Crippen molar-refractivity contribution in [3.8, 4) is 34.3 Å². The van der Waals surface area contributed by atoms with Crippen LogP contribution < -0.4 is 14.9 Å². The van der Waals surface area contributed by atoms with Crippen molar-refractivity contribution in [2.75, 3.05) is 13.9 Å². The molecule has 0 spiro atoms. The summed E-state index contributed by atoms with van der Waals surface area (Å²) in [6.45, 7) is 0.0726. The highest BCUT2D eigenvalue weighted by Gasteiger charge is 2.29. The normalized spacial score (nSPS) is 13.1. The molecule has 0 bridgehead atoms. The molecule has 8 heteroatoms. The highest BCUT2D eigenvalue weighted by atomic mass is 16.7. The van der Waals surface area contributed by atoms with E-state index in [1.807, 2.05) is 6.07 Å². The molecule has 2 heterocycles. The molecule has 0 radical (unpaired) electrons. The lowest BCUT2D eigenvalue weighted by Crippen LogP contribution is -2.12. The molecule has 0 unspecified atom stereocenters. The second-order valence-corrected chi connectivity index (χ2v) is 7.82. The van der Waals surface area contributed by atoms with E-state index < -0.39 is 23.1 Å². The summed E-state index contributed by atoms with van der Waals surface area (Å²) in [5.74, 6) is -0.771. The summed E-state index contributed by atoms with van der Waals surface area (Å²) in [6, 6.07) is 16.5. The summed E-state index contributed by atoms with van der Waals surface area (Å²) < 4.78 is 21.8. The molecule has 5 rings (SSSR count). The van der Waals surface area contributed by atoms with Gasteiger partial charge in [0.25, 0.3) is 0 Å². The van der Waals surface area contributed by atoms with Crippen LogP contribution in [0, 0.1) is 0 Å². The summed E-state index contributed by atoms with van der Waals surface area (Å²) in [5.41, 5.74) is 0.913. The third-order valence-electron chi connectivity index (χ3n) is 5.80. The summed E-state index contributed by atoms with van der Waals surface area (Å²) in [7, 11) is 1.27. The average molecular weight is 460 g/mol. The molecular formula is C26H20O8. The van der Waals surface area contributed by atoms with Gasteiger partial charge in [0.1, 0.15) is 28.2 Å². The predicted octanol–water partition coefficient (Wildman–Crippen LogP) is 4.29. The standard InChI is InChI=1S/C26H20O8/c1-31-23(30)10-16(15-7-8-20-22(9-15)33-13-32-20)24-17(27)11-18(28)25-19(29)12-21(34-26(24)25)14-5-3-2-4-6-14/h2-9,11-12,16,27-28H,10,13H2,1H3/t16-/m1/s1. The molecule has 0 fully saturated rings. The van der Waals surface area contributed by atoms with Crippen LogP contribution >= 0.6 is 0 Å².